The predicted molar refractivity (Wildman–Crippen MR) is 103 cm³/mol. The largest absolute Gasteiger partial charge is 0.433 e. The van der Waals surface area contributed by atoms with Crippen LogP contribution in [-0.4, -0.2) is 31.0 Å². The van der Waals surface area contributed by atoms with Gasteiger partial charge >= 0.3 is 6.18 Å². The van der Waals surface area contributed by atoms with Gasteiger partial charge in [-0.05, 0) is 56.0 Å². The van der Waals surface area contributed by atoms with E-state index in [0.717, 1.165) is 35.5 Å². The number of halogens is 3. The molecule has 0 aliphatic carbocycles. The van der Waals surface area contributed by atoms with Crippen LogP contribution in [0.15, 0.2) is 36.7 Å². The summed E-state index contributed by atoms with van der Waals surface area (Å²) in [5.41, 5.74) is 1.67. The van der Waals surface area contributed by atoms with Crippen molar-refractivity contribution in [1.29, 1.82) is 0 Å². The lowest BCUT2D eigenvalue weighted by molar-refractivity contribution is -0.142. The lowest BCUT2D eigenvalue weighted by Crippen LogP contribution is -2.27. The van der Waals surface area contributed by atoms with Crippen LogP contribution in [0, 0.1) is 0 Å². The van der Waals surface area contributed by atoms with E-state index >= 15 is 0 Å². The van der Waals surface area contributed by atoms with Gasteiger partial charge in [-0.3, -0.25) is 9.88 Å². The second-order valence-corrected chi connectivity index (χ2v) is 7.91. The van der Waals surface area contributed by atoms with Crippen molar-refractivity contribution in [2.45, 2.75) is 57.8 Å². The lowest BCUT2D eigenvalue weighted by atomic mass is 10.1. The number of pyridine rings is 1. The summed E-state index contributed by atoms with van der Waals surface area (Å²) in [5.74, 6) is -0.103. The molecule has 2 atom stereocenters. The Hall–Kier alpha value is -2.48. The number of hydrogen-bond acceptors (Lipinski definition) is 4. The zero-order valence-electron chi connectivity index (χ0n) is 16.7. The number of fused-ring (bicyclic) bond motifs is 1. The average molecular weight is 403 g/mol. The molecular weight excluding hydrogens is 379 g/mol. The molecule has 3 aromatic heterocycles. The molecule has 0 bridgehead atoms. The van der Waals surface area contributed by atoms with Gasteiger partial charge in [0, 0.05) is 30.2 Å². The quantitative estimate of drug-likeness (QED) is 0.603. The van der Waals surface area contributed by atoms with E-state index in [-0.39, 0.29) is 23.6 Å². The highest BCUT2D eigenvalue weighted by Crippen LogP contribution is 2.39. The second-order valence-electron chi connectivity index (χ2n) is 7.91. The molecule has 0 radical (unpaired) electrons. The van der Waals surface area contributed by atoms with Crippen LogP contribution in [0.5, 0.6) is 0 Å². The maximum absolute atomic E-state index is 13.7. The molecule has 0 saturated carbocycles. The SMILES string of the molecule is CC(C)c1cc(C(F)(F)F)n2nc([C@H]3CCCN3[C@H](C)c3ccncc3)cc2n1. The van der Waals surface area contributed by atoms with Gasteiger partial charge in [0.25, 0.3) is 0 Å². The van der Waals surface area contributed by atoms with Crippen molar-refractivity contribution in [3.05, 3.63) is 59.3 Å². The molecule has 0 N–H and O–H groups in total. The number of aromatic nitrogens is 4. The van der Waals surface area contributed by atoms with Gasteiger partial charge < -0.3 is 0 Å². The Morgan fingerprint density at radius 3 is 2.48 bits per heavy atom. The minimum absolute atomic E-state index is 0.0385. The van der Waals surface area contributed by atoms with E-state index in [2.05, 4.69) is 26.9 Å². The van der Waals surface area contributed by atoms with Crippen molar-refractivity contribution in [1.82, 2.24) is 24.5 Å². The minimum Gasteiger partial charge on any atom is -0.288 e. The fourth-order valence-corrected chi connectivity index (χ4v) is 4.08. The molecule has 0 amide bonds. The van der Waals surface area contributed by atoms with Gasteiger partial charge in [0.1, 0.15) is 5.69 Å². The molecule has 0 aromatic carbocycles. The molecule has 1 saturated heterocycles. The highest BCUT2D eigenvalue weighted by molar-refractivity contribution is 5.44. The first kappa shape index (κ1) is 19.8. The number of nitrogens with zero attached hydrogens (tertiary/aromatic N) is 5. The monoisotopic (exact) mass is 403 g/mol. The van der Waals surface area contributed by atoms with Crippen LogP contribution in [-0.2, 0) is 6.18 Å². The average Bonchev–Trinajstić information content (AvgIpc) is 3.32. The summed E-state index contributed by atoms with van der Waals surface area (Å²) in [6, 6.07) is 6.85. The van der Waals surface area contributed by atoms with Gasteiger partial charge in [-0.2, -0.15) is 18.3 Å². The van der Waals surface area contributed by atoms with Crippen LogP contribution in [0.3, 0.4) is 0 Å². The molecule has 0 unspecified atom stereocenters. The number of hydrogen-bond donors (Lipinski definition) is 0. The maximum atomic E-state index is 13.7. The predicted octanol–water partition coefficient (Wildman–Crippen LogP) is 5.16. The Morgan fingerprint density at radius 2 is 1.83 bits per heavy atom. The topological polar surface area (TPSA) is 46.3 Å². The Bertz CT molecular complexity index is 997. The minimum atomic E-state index is -4.49. The molecular formula is C21H24F3N5. The standard InChI is InChI=1S/C21H24F3N5/c1-13(2)16-11-19(21(22,23)24)29-20(26-16)12-17(27-29)18-5-4-10-28(18)14(3)15-6-8-25-9-7-15/h6-9,11-14,18H,4-5,10H2,1-3H3/t14-,18-/m1/s1. The molecule has 29 heavy (non-hydrogen) atoms. The third kappa shape index (κ3) is 3.73. The number of likely N-dealkylation sites (tertiary alicyclic amines) is 1. The van der Waals surface area contributed by atoms with Gasteiger partial charge in [0.05, 0.1) is 11.7 Å². The van der Waals surface area contributed by atoms with Gasteiger partial charge in [-0.15, -0.1) is 0 Å². The van der Waals surface area contributed by atoms with Crippen LogP contribution in [0.1, 0.15) is 74.3 Å². The molecule has 8 heteroatoms. The van der Waals surface area contributed by atoms with Crippen molar-refractivity contribution in [3.8, 4) is 0 Å². The van der Waals surface area contributed by atoms with Crippen molar-refractivity contribution < 1.29 is 13.2 Å². The summed E-state index contributed by atoms with van der Waals surface area (Å²) in [6.45, 7) is 6.66. The summed E-state index contributed by atoms with van der Waals surface area (Å²) in [7, 11) is 0. The van der Waals surface area contributed by atoms with Gasteiger partial charge in [0.2, 0.25) is 0 Å². The molecule has 1 aliphatic rings. The molecule has 1 fully saturated rings. The molecule has 0 spiro atoms. The van der Waals surface area contributed by atoms with Crippen LogP contribution in [0.4, 0.5) is 13.2 Å². The van der Waals surface area contributed by atoms with E-state index in [1.807, 2.05) is 26.0 Å². The lowest BCUT2D eigenvalue weighted by Gasteiger charge is -2.30. The first-order valence-corrected chi connectivity index (χ1v) is 9.89. The molecule has 154 valence electrons. The first-order chi connectivity index (χ1) is 13.8. The smallest absolute Gasteiger partial charge is 0.288 e. The summed E-state index contributed by atoms with van der Waals surface area (Å²) >= 11 is 0. The Morgan fingerprint density at radius 1 is 1.10 bits per heavy atom. The van der Waals surface area contributed by atoms with Crippen molar-refractivity contribution in [2.75, 3.05) is 6.54 Å². The molecule has 4 heterocycles. The summed E-state index contributed by atoms with van der Waals surface area (Å²) < 4.78 is 42.0. The Kier molecular flexibility index (Phi) is 5.06. The number of rotatable bonds is 4. The van der Waals surface area contributed by atoms with Crippen molar-refractivity contribution >= 4 is 5.65 Å². The van der Waals surface area contributed by atoms with Crippen molar-refractivity contribution in [3.63, 3.8) is 0 Å². The third-order valence-corrected chi connectivity index (χ3v) is 5.67. The molecule has 5 nitrogen and oxygen atoms in total. The summed E-state index contributed by atoms with van der Waals surface area (Å²) in [6.07, 6.45) is 0.861. The van der Waals surface area contributed by atoms with E-state index in [1.54, 1.807) is 18.5 Å². The fraction of sp³-hybridized carbons (Fsp3) is 0.476. The van der Waals surface area contributed by atoms with E-state index in [9.17, 15) is 13.2 Å². The van der Waals surface area contributed by atoms with Crippen LogP contribution in [0.25, 0.3) is 5.65 Å². The van der Waals surface area contributed by atoms with Crippen LogP contribution in [0.2, 0.25) is 0 Å². The summed E-state index contributed by atoms with van der Waals surface area (Å²) in [5, 5.41) is 4.37. The Balaban J connectivity index is 1.75. The van der Waals surface area contributed by atoms with Gasteiger partial charge in [0.15, 0.2) is 5.65 Å². The van der Waals surface area contributed by atoms with E-state index in [1.165, 1.54) is 0 Å². The van der Waals surface area contributed by atoms with Gasteiger partial charge in [-0.1, -0.05) is 13.8 Å². The maximum Gasteiger partial charge on any atom is 0.433 e. The van der Waals surface area contributed by atoms with Crippen LogP contribution >= 0.6 is 0 Å². The van der Waals surface area contributed by atoms with Crippen molar-refractivity contribution in [2.24, 2.45) is 0 Å². The van der Waals surface area contributed by atoms with E-state index < -0.39 is 11.9 Å². The highest BCUT2D eigenvalue weighted by Gasteiger charge is 2.37. The molecule has 4 rings (SSSR count). The van der Waals surface area contributed by atoms with Crippen LogP contribution < -0.4 is 0 Å². The summed E-state index contributed by atoms with van der Waals surface area (Å²) in [4.78, 5) is 10.8. The normalized spacial score (nSPS) is 19.3. The third-order valence-electron chi connectivity index (χ3n) is 5.67. The first-order valence-electron chi connectivity index (χ1n) is 9.89. The van der Waals surface area contributed by atoms with Gasteiger partial charge in [-0.25, -0.2) is 9.50 Å². The second kappa shape index (κ2) is 7.40. The molecule has 1 aliphatic heterocycles. The highest BCUT2D eigenvalue weighted by atomic mass is 19.4. The van der Waals surface area contributed by atoms with E-state index in [4.69, 9.17) is 0 Å². The Labute approximate surface area is 167 Å². The number of alkyl halides is 3. The zero-order valence-corrected chi connectivity index (χ0v) is 16.7. The molecule has 3 aromatic rings. The van der Waals surface area contributed by atoms with E-state index in [0.29, 0.717) is 11.4 Å². The zero-order chi connectivity index (χ0) is 20.8. The fourth-order valence-electron chi connectivity index (χ4n) is 4.08.